The van der Waals surface area contributed by atoms with E-state index in [9.17, 15) is 9.59 Å². The van der Waals surface area contributed by atoms with Gasteiger partial charge in [0.05, 0.1) is 23.1 Å². The van der Waals surface area contributed by atoms with Crippen LogP contribution in [0.25, 0.3) is 10.2 Å². The third-order valence-corrected chi connectivity index (χ3v) is 6.15. The van der Waals surface area contributed by atoms with Gasteiger partial charge in [-0.3, -0.25) is 14.2 Å². The summed E-state index contributed by atoms with van der Waals surface area (Å²) in [5.41, 5.74) is 2.24. The van der Waals surface area contributed by atoms with Crippen LogP contribution in [0.1, 0.15) is 20.8 Å². The fourth-order valence-electron chi connectivity index (χ4n) is 2.98. The molecule has 0 spiro atoms. The number of rotatable bonds is 4. The van der Waals surface area contributed by atoms with Crippen LogP contribution in [0.2, 0.25) is 0 Å². The number of hydrogen-bond acceptors (Lipinski definition) is 4. The lowest BCUT2D eigenvalue weighted by atomic mass is 10.2. The third kappa shape index (κ3) is 3.63. The molecular formula is C21H16BrN3O2S. The summed E-state index contributed by atoms with van der Waals surface area (Å²) in [6, 6.07) is 17.0. The lowest BCUT2D eigenvalue weighted by molar-refractivity contribution is 0.103. The van der Waals surface area contributed by atoms with Crippen molar-refractivity contribution < 1.29 is 4.79 Å². The Morgan fingerprint density at radius 1 is 1.14 bits per heavy atom. The van der Waals surface area contributed by atoms with Crippen LogP contribution < -0.4 is 10.9 Å². The number of benzene rings is 2. The number of hydrogen-bond donors (Lipinski definition) is 1. The van der Waals surface area contributed by atoms with Gasteiger partial charge in [0.2, 0.25) is 0 Å². The van der Waals surface area contributed by atoms with Gasteiger partial charge >= 0.3 is 0 Å². The van der Waals surface area contributed by atoms with E-state index in [0.29, 0.717) is 32.9 Å². The molecule has 7 heteroatoms. The normalized spacial score (nSPS) is 10.9. The van der Waals surface area contributed by atoms with Crippen LogP contribution in [0.15, 0.2) is 70.2 Å². The topological polar surface area (TPSA) is 64.0 Å². The van der Waals surface area contributed by atoms with Crippen molar-refractivity contribution in [3.05, 3.63) is 91.8 Å². The van der Waals surface area contributed by atoms with E-state index in [4.69, 9.17) is 0 Å². The molecule has 4 aromatic rings. The Hall–Kier alpha value is -2.77. The minimum absolute atomic E-state index is 0.138. The van der Waals surface area contributed by atoms with Gasteiger partial charge in [0.25, 0.3) is 11.5 Å². The van der Waals surface area contributed by atoms with E-state index in [0.717, 1.165) is 10.0 Å². The maximum Gasteiger partial charge on any atom is 0.266 e. The molecule has 1 amide bonds. The summed E-state index contributed by atoms with van der Waals surface area (Å²) in [6.07, 6.45) is 1.54. The van der Waals surface area contributed by atoms with Gasteiger partial charge in [-0.15, -0.1) is 11.3 Å². The first kappa shape index (κ1) is 18.6. The van der Waals surface area contributed by atoms with Crippen LogP contribution in [-0.2, 0) is 6.54 Å². The van der Waals surface area contributed by atoms with Gasteiger partial charge in [-0.1, -0.05) is 46.3 Å². The maximum atomic E-state index is 13.0. The molecule has 2 aromatic heterocycles. The van der Waals surface area contributed by atoms with Crippen molar-refractivity contribution in [3.63, 3.8) is 0 Å². The van der Waals surface area contributed by atoms with Crippen LogP contribution in [0.4, 0.5) is 5.69 Å². The highest BCUT2D eigenvalue weighted by molar-refractivity contribution is 9.10. The predicted molar refractivity (Wildman–Crippen MR) is 116 cm³/mol. The maximum absolute atomic E-state index is 13.0. The molecule has 0 aliphatic rings. The molecule has 0 bridgehead atoms. The molecule has 0 aliphatic carbocycles. The van der Waals surface area contributed by atoms with Gasteiger partial charge in [0, 0.05) is 10.2 Å². The quantitative estimate of drug-likeness (QED) is 0.481. The second kappa shape index (κ2) is 7.69. The van der Waals surface area contributed by atoms with Gasteiger partial charge in [0.15, 0.2) is 0 Å². The number of nitrogens with one attached hydrogen (secondary N) is 1. The number of nitrogens with zero attached hydrogens (tertiary/aromatic N) is 2. The van der Waals surface area contributed by atoms with Crippen LogP contribution in [0, 0.1) is 6.92 Å². The Labute approximate surface area is 173 Å². The minimum atomic E-state index is -0.231. The molecule has 4 rings (SSSR count). The highest BCUT2D eigenvalue weighted by atomic mass is 79.9. The smallest absolute Gasteiger partial charge is 0.266 e. The van der Waals surface area contributed by atoms with Crippen LogP contribution in [0.3, 0.4) is 0 Å². The third-order valence-electron chi connectivity index (χ3n) is 4.42. The Bertz CT molecular complexity index is 1210. The van der Waals surface area contributed by atoms with E-state index in [2.05, 4.69) is 26.2 Å². The van der Waals surface area contributed by atoms with Crippen molar-refractivity contribution in [2.75, 3.05) is 5.32 Å². The Balaban J connectivity index is 1.69. The first-order valence-corrected chi connectivity index (χ1v) is 10.2. The number of aryl methyl sites for hydroxylation is 1. The summed E-state index contributed by atoms with van der Waals surface area (Å²) in [5.74, 6) is -0.231. The molecule has 0 radical (unpaired) electrons. The summed E-state index contributed by atoms with van der Waals surface area (Å²) in [6.45, 7) is 2.22. The summed E-state index contributed by atoms with van der Waals surface area (Å²) < 4.78 is 2.56. The molecule has 0 saturated heterocycles. The Kier molecular flexibility index (Phi) is 5.11. The molecule has 2 heterocycles. The number of aromatic nitrogens is 2. The van der Waals surface area contributed by atoms with E-state index >= 15 is 0 Å². The number of para-hydroxylation sites is 1. The largest absolute Gasteiger partial charge is 0.321 e. The van der Waals surface area contributed by atoms with Gasteiger partial charge in [-0.05, 0) is 42.3 Å². The number of anilines is 1. The fourth-order valence-corrected chi connectivity index (χ4v) is 4.28. The number of halogens is 1. The average Bonchev–Trinajstić information content (AvgIpc) is 3.04. The zero-order valence-corrected chi connectivity index (χ0v) is 17.4. The monoisotopic (exact) mass is 453 g/mol. The number of carbonyl (C=O) groups is 1. The first-order chi connectivity index (χ1) is 13.5. The zero-order chi connectivity index (χ0) is 19.7. The van der Waals surface area contributed by atoms with Crippen LogP contribution in [0.5, 0.6) is 0 Å². The second-order valence-corrected chi connectivity index (χ2v) is 8.28. The van der Waals surface area contributed by atoms with Crippen molar-refractivity contribution in [2.45, 2.75) is 13.5 Å². The summed E-state index contributed by atoms with van der Waals surface area (Å²) in [4.78, 5) is 31.2. The molecule has 28 heavy (non-hydrogen) atoms. The summed E-state index contributed by atoms with van der Waals surface area (Å²) >= 11 is 4.65. The summed E-state index contributed by atoms with van der Waals surface area (Å²) in [7, 11) is 0. The second-order valence-electron chi connectivity index (χ2n) is 6.36. The SMILES string of the molecule is Cc1c(C(=O)Nc2ccccc2)sc2ncn(Cc3ccc(Br)cc3)c(=O)c12. The number of amides is 1. The molecule has 5 nitrogen and oxygen atoms in total. The lowest BCUT2D eigenvalue weighted by Crippen LogP contribution is -2.21. The molecule has 0 saturated carbocycles. The molecular weight excluding hydrogens is 438 g/mol. The number of thiophene rings is 1. The standard InChI is InChI=1S/C21H16BrN3O2S/c1-13-17-20(28-18(13)19(26)24-16-5-3-2-4-6-16)23-12-25(21(17)27)11-14-7-9-15(22)10-8-14/h2-10,12H,11H2,1H3,(H,24,26). The molecule has 0 atom stereocenters. The lowest BCUT2D eigenvalue weighted by Gasteiger charge is -2.06. The van der Waals surface area contributed by atoms with Crippen molar-refractivity contribution >= 4 is 49.1 Å². The Morgan fingerprint density at radius 3 is 2.57 bits per heavy atom. The summed E-state index contributed by atoms with van der Waals surface area (Å²) in [5, 5.41) is 3.37. The van der Waals surface area contributed by atoms with Gasteiger partial charge < -0.3 is 5.32 Å². The van der Waals surface area contributed by atoms with Crippen molar-refractivity contribution in [2.24, 2.45) is 0 Å². The van der Waals surface area contributed by atoms with E-state index in [1.165, 1.54) is 11.3 Å². The van der Waals surface area contributed by atoms with E-state index in [1.807, 2.05) is 54.6 Å². The van der Waals surface area contributed by atoms with Gasteiger partial charge in [-0.2, -0.15) is 0 Å². The van der Waals surface area contributed by atoms with E-state index in [1.54, 1.807) is 17.8 Å². The molecule has 0 fully saturated rings. The molecule has 0 aliphatic heterocycles. The fraction of sp³-hybridized carbons (Fsp3) is 0.0952. The average molecular weight is 454 g/mol. The Morgan fingerprint density at radius 2 is 1.86 bits per heavy atom. The van der Waals surface area contributed by atoms with Crippen molar-refractivity contribution in [1.82, 2.24) is 9.55 Å². The highest BCUT2D eigenvalue weighted by Crippen LogP contribution is 2.27. The van der Waals surface area contributed by atoms with E-state index in [-0.39, 0.29) is 11.5 Å². The van der Waals surface area contributed by atoms with Gasteiger partial charge in [0.1, 0.15) is 4.83 Å². The molecule has 0 unspecified atom stereocenters. The number of fused-ring (bicyclic) bond motifs is 1. The first-order valence-electron chi connectivity index (χ1n) is 8.62. The van der Waals surface area contributed by atoms with E-state index < -0.39 is 0 Å². The van der Waals surface area contributed by atoms with Crippen LogP contribution >= 0.6 is 27.3 Å². The molecule has 140 valence electrons. The highest BCUT2D eigenvalue weighted by Gasteiger charge is 2.19. The zero-order valence-electron chi connectivity index (χ0n) is 15.0. The molecule has 2 aromatic carbocycles. The van der Waals surface area contributed by atoms with Crippen molar-refractivity contribution in [1.29, 1.82) is 0 Å². The molecule has 1 N–H and O–H groups in total. The van der Waals surface area contributed by atoms with Crippen LogP contribution in [-0.4, -0.2) is 15.5 Å². The minimum Gasteiger partial charge on any atom is -0.321 e. The predicted octanol–water partition coefficient (Wildman–Crippen LogP) is 4.83. The van der Waals surface area contributed by atoms with Gasteiger partial charge in [-0.25, -0.2) is 4.98 Å². The van der Waals surface area contributed by atoms with Crippen molar-refractivity contribution in [3.8, 4) is 0 Å². The number of carbonyl (C=O) groups excluding carboxylic acids is 1.